The lowest BCUT2D eigenvalue weighted by Gasteiger charge is -2.22. The van der Waals surface area contributed by atoms with Gasteiger partial charge in [0, 0.05) is 37.7 Å². The molecule has 2 aromatic carbocycles. The molecule has 1 saturated heterocycles. The first-order valence-electron chi connectivity index (χ1n) is 8.79. The maximum Gasteiger partial charge on any atom is 0.191 e. The highest BCUT2D eigenvalue weighted by molar-refractivity contribution is 14.0. The Balaban J connectivity index is 0.00000261. The maximum absolute atomic E-state index is 5.93. The molecule has 3 rings (SSSR count). The van der Waals surface area contributed by atoms with Crippen LogP contribution >= 0.6 is 35.6 Å². The summed E-state index contributed by atoms with van der Waals surface area (Å²) < 4.78 is 5.48. The van der Waals surface area contributed by atoms with E-state index in [0.717, 1.165) is 41.9 Å². The van der Waals surface area contributed by atoms with Crippen molar-refractivity contribution in [2.24, 2.45) is 4.99 Å². The lowest BCUT2D eigenvalue weighted by molar-refractivity contribution is 0.415. The summed E-state index contributed by atoms with van der Waals surface area (Å²) in [6.07, 6.45) is 1.06. The van der Waals surface area contributed by atoms with Gasteiger partial charge in [-0.2, -0.15) is 0 Å². The van der Waals surface area contributed by atoms with Crippen molar-refractivity contribution < 1.29 is 4.74 Å². The van der Waals surface area contributed by atoms with Crippen LogP contribution in [0.2, 0.25) is 5.02 Å². The van der Waals surface area contributed by atoms with Gasteiger partial charge >= 0.3 is 0 Å². The number of ether oxygens (including phenoxy) is 1. The molecule has 1 heterocycles. The number of methoxy groups -OCH3 is 1. The van der Waals surface area contributed by atoms with Gasteiger partial charge in [-0.25, -0.2) is 0 Å². The van der Waals surface area contributed by atoms with Crippen molar-refractivity contribution >= 4 is 47.2 Å². The molecule has 0 saturated carbocycles. The highest BCUT2D eigenvalue weighted by Crippen LogP contribution is 2.30. The summed E-state index contributed by atoms with van der Waals surface area (Å²) in [6, 6.07) is 16.3. The van der Waals surface area contributed by atoms with E-state index in [4.69, 9.17) is 16.3 Å². The Bertz CT molecular complexity index is 754. The molecule has 146 valence electrons. The highest BCUT2D eigenvalue weighted by atomic mass is 127. The molecule has 0 radical (unpaired) electrons. The fourth-order valence-corrected chi connectivity index (χ4v) is 3.29. The van der Waals surface area contributed by atoms with Gasteiger partial charge in [-0.1, -0.05) is 35.9 Å². The number of anilines is 1. The molecule has 5 nitrogen and oxygen atoms in total. The van der Waals surface area contributed by atoms with Crippen LogP contribution in [0, 0.1) is 0 Å². The molecule has 0 spiro atoms. The standard InChI is InChI=1S/C20H25ClN4O.HI/c1-22-20(23-13-15-7-9-16(21)10-8-15)24-17-11-12-25(14-17)18-5-3-4-6-19(18)26-2;/h3-10,17H,11-14H2,1-2H3,(H2,22,23,24);1H. The third kappa shape index (κ3) is 5.90. The molecule has 0 bridgehead atoms. The zero-order valence-electron chi connectivity index (χ0n) is 15.6. The Labute approximate surface area is 183 Å². The zero-order chi connectivity index (χ0) is 18.4. The number of halogens is 2. The molecule has 1 aliphatic rings. The summed E-state index contributed by atoms with van der Waals surface area (Å²) in [5.41, 5.74) is 2.31. The lowest BCUT2D eigenvalue weighted by atomic mass is 10.2. The predicted molar refractivity (Wildman–Crippen MR) is 124 cm³/mol. The van der Waals surface area contributed by atoms with Crippen LogP contribution in [0.1, 0.15) is 12.0 Å². The summed E-state index contributed by atoms with van der Waals surface area (Å²) in [4.78, 5) is 6.69. The quantitative estimate of drug-likeness (QED) is 0.371. The van der Waals surface area contributed by atoms with Gasteiger partial charge in [0.05, 0.1) is 12.8 Å². The molecule has 0 aromatic heterocycles. The van der Waals surface area contributed by atoms with Crippen LogP contribution in [-0.2, 0) is 6.54 Å². The number of hydrogen-bond donors (Lipinski definition) is 2. The second-order valence-corrected chi connectivity index (χ2v) is 6.74. The minimum atomic E-state index is 0. The Morgan fingerprint density at radius 3 is 2.67 bits per heavy atom. The van der Waals surface area contributed by atoms with Gasteiger partial charge in [-0.15, -0.1) is 24.0 Å². The summed E-state index contributed by atoms with van der Waals surface area (Å²) in [6.45, 7) is 2.62. The summed E-state index contributed by atoms with van der Waals surface area (Å²) in [5.74, 6) is 1.73. The Kier molecular flexibility index (Phi) is 8.50. The minimum absolute atomic E-state index is 0. The van der Waals surface area contributed by atoms with Crippen molar-refractivity contribution in [2.75, 3.05) is 32.1 Å². The number of nitrogens with zero attached hydrogens (tertiary/aromatic N) is 2. The summed E-state index contributed by atoms with van der Waals surface area (Å²) in [5, 5.41) is 7.63. The molecule has 7 heteroatoms. The van der Waals surface area contributed by atoms with Crippen LogP contribution in [-0.4, -0.2) is 39.2 Å². The van der Waals surface area contributed by atoms with Crippen molar-refractivity contribution in [2.45, 2.75) is 19.0 Å². The van der Waals surface area contributed by atoms with Crippen LogP contribution in [0.3, 0.4) is 0 Å². The van der Waals surface area contributed by atoms with Gasteiger partial charge in [0.15, 0.2) is 5.96 Å². The van der Waals surface area contributed by atoms with Gasteiger partial charge in [-0.3, -0.25) is 4.99 Å². The second kappa shape index (κ2) is 10.6. The van der Waals surface area contributed by atoms with Crippen LogP contribution < -0.4 is 20.3 Å². The smallest absolute Gasteiger partial charge is 0.191 e. The first-order valence-corrected chi connectivity index (χ1v) is 9.17. The molecule has 1 fully saturated rings. The second-order valence-electron chi connectivity index (χ2n) is 6.30. The van der Waals surface area contributed by atoms with Crippen molar-refractivity contribution in [3.63, 3.8) is 0 Å². The molecule has 0 aliphatic carbocycles. The van der Waals surface area contributed by atoms with Gasteiger partial charge in [-0.05, 0) is 36.2 Å². The summed E-state index contributed by atoms with van der Waals surface area (Å²) >= 11 is 5.93. The topological polar surface area (TPSA) is 48.9 Å². The average Bonchev–Trinajstić information content (AvgIpc) is 3.14. The zero-order valence-corrected chi connectivity index (χ0v) is 18.7. The van der Waals surface area contributed by atoms with Crippen LogP contribution in [0.25, 0.3) is 0 Å². The van der Waals surface area contributed by atoms with E-state index < -0.39 is 0 Å². The highest BCUT2D eigenvalue weighted by Gasteiger charge is 2.25. The first-order chi connectivity index (χ1) is 12.7. The molecule has 2 aromatic rings. The predicted octanol–water partition coefficient (Wildman–Crippen LogP) is 3.91. The van der Waals surface area contributed by atoms with Crippen LogP contribution in [0.5, 0.6) is 5.75 Å². The Morgan fingerprint density at radius 2 is 1.96 bits per heavy atom. The van der Waals surface area contributed by atoms with Crippen molar-refractivity contribution in [3.05, 3.63) is 59.1 Å². The van der Waals surface area contributed by atoms with E-state index in [2.05, 4.69) is 26.6 Å². The summed E-state index contributed by atoms with van der Waals surface area (Å²) in [7, 11) is 3.51. The normalized spacial score (nSPS) is 16.6. The molecule has 1 aliphatic heterocycles. The van der Waals surface area contributed by atoms with Gasteiger partial charge < -0.3 is 20.3 Å². The lowest BCUT2D eigenvalue weighted by Crippen LogP contribution is -2.44. The van der Waals surface area contributed by atoms with E-state index in [0.29, 0.717) is 12.6 Å². The van der Waals surface area contributed by atoms with E-state index in [9.17, 15) is 0 Å². The number of aliphatic imine (C=N–C) groups is 1. The molecular weight excluding hydrogens is 475 g/mol. The molecule has 2 N–H and O–H groups in total. The fourth-order valence-electron chi connectivity index (χ4n) is 3.16. The largest absolute Gasteiger partial charge is 0.495 e. The van der Waals surface area contributed by atoms with Gasteiger partial charge in [0.25, 0.3) is 0 Å². The number of benzene rings is 2. The molecule has 1 unspecified atom stereocenters. The first kappa shape index (κ1) is 21.6. The number of para-hydroxylation sites is 2. The van der Waals surface area contributed by atoms with E-state index >= 15 is 0 Å². The van der Waals surface area contributed by atoms with Gasteiger partial charge in [0.1, 0.15) is 5.75 Å². The molecule has 0 amide bonds. The van der Waals surface area contributed by atoms with Crippen molar-refractivity contribution in [1.82, 2.24) is 10.6 Å². The Morgan fingerprint density at radius 1 is 1.22 bits per heavy atom. The molecular formula is C20H26ClIN4O. The molecule has 1 atom stereocenters. The number of hydrogen-bond acceptors (Lipinski definition) is 3. The maximum atomic E-state index is 5.93. The Hall–Kier alpha value is -1.67. The van der Waals surface area contributed by atoms with E-state index in [1.807, 2.05) is 42.5 Å². The molecule has 27 heavy (non-hydrogen) atoms. The van der Waals surface area contributed by atoms with Crippen LogP contribution in [0.15, 0.2) is 53.5 Å². The van der Waals surface area contributed by atoms with Gasteiger partial charge in [0.2, 0.25) is 0 Å². The van der Waals surface area contributed by atoms with Crippen LogP contribution in [0.4, 0.5) is 5.69 Å². The number of nitrogens with one attached hydrogen (secondary N) is 2. The van der Waals surface area contributed by atoms with Crippen molar-refractivity contribution in [3.8, 4) is 5.75 Å². The average molecular weight is 501 g/mol. The SMILES string of the molecule is CN=C(NCc1ccc(Cl)cc1)NC1CCN(c2ccccc2OC)C1.I. The third-order valence-corrected chi connectivity index (χ3v) is 4.80. The number of guanidine groups is 1. The van der Waals surface area contributed by atoms with Crippen molar-refractivity contribution in [1.29, 1.82) is 0 Å². The number of rotatable bonds is 5. The van der Waals surface area contributed by atoms with E-state index in [1.165, 1.54) is 5.56 Å². The monoisotopic (exact) mass is 500 g/mol. The minimum Gasteiger partial charge on any atom is -0.495 e. The van der Waals surface area contributed by atoms with E-state index in [1.54, 1.807) is 14.2 Å². The third-order valence-electron chi connectivity index (χ3n) is 4.55. The van der Waals surface area contributed by atoms with E-state index in [-0.39, 0.29) is 24.0 Å². The fraction of sp³-hybridized carbons (Fsp3) is 0.350.